The third-order valence-electron chi connectivity index (χ3n) is 4.23. The fourth-order valence-electron chi connectivity index (χ4n) is 3.32. The summed E-state index contributed by atoms with van der Waals surface area (Å²) in [5.74, 6) is 1.54. The van der Waals surface area contributed by atoms with Crippen LogP contribution in [0, 0.1) is 18.8 Å². The van der Waals surface area contributed by atoms with Gasteiger partial charge < -0.3 is 10.0 Å². The topological polar surface area (TPSA) is 23.5 Å². The predicted molar refractivity (Wildman–Crippen MR) is 85.2 cm³/mol. The van der Waals surface area contributed by atoms with E-state index >= 15 is 0 Å². The molecule has 3 heteroatoms. The van der Waals surface area contributed by atoms with Gasteiger partial charge in [0.05, 0.1) is 6.10 Å². The van der Waals surface area contributed by atoms with E-state index in [1.54, 1.807) is 0 Å². The summed E-state index contributed by atoms with van der Waals surface area (Å²) >= 11 is 6.03. The van der Waals surface area contributed by atoms with Gasteiger partial charge in [-0.1, -0.05) is 37.6 Å². The van der Waals surface area contributed by atoms with Crippen molar-refractivity contribution >= 4 is 11.6 Å². The van der Waals surface area contributed by atoms with Crippen LogP contribution in [0.1, 0.15) is 43.9 Å². The monoisotopic (exact) mass is 295 g/mol. The molecule has 1 aliphatic heterocycles. The molecule has 0 saturated carbocycles. The van der Waals surface area contributed by atoms with E-state index in [0.717, 1.165) is 54.0 Å². The number of aliphatic hydroxyl groups excluding tert-OH is 1. The maximum absolute atomic E-state index is 10.3. The maximum Gasteiger partial charge on any atom is 0.0802 e. The molecule has 0 bridgehead atoms. The molecule has 1 aromatic rings. The first-order valence-corrected chi connectivity index (χ1v) is 8.00. The number of benzene rings is 1. The molecular weight excluding hydrogens is 270 g/mol. The largest absolute Gasteiger partial charge is 0.388 e. The molecule has 0 radical (unpaired) electrons. The Morgan fingerprint density at radius 1 is 1.30 bits per heavy atom. The van der Waals surface area contributed by atoms with Crippen LogP contribution >= 0.6 is 11.6 Å². The van der Waals surface area contributed by atoms with Gasteiger partial charge in [-0.05, 0) is 48.8 Å². The third kappa shape index (κ3) is 4.21. The van der Waals surface area contributed by atoms with Gasteiger partial charge in [0.25, 0.3) is 0 Å². The molecule has 0 aromatic heterocycles. The van der Waals surface area contributed by atoms with Gasteiger partial charge in [-0.2, -0.15) is 0 Å². The van der Waals surface area contributed by atoms with E-state index in [4.69, 9.17) is 11.6 Å². The van der Waals surface area contributed by atoms with E-state index in [-0.39, 0.29) is 0 Å². The second kappa shape index (κ2) is 6.93. The van der Waals surface area contributed by atoms with Gasteiger partial charge in [0.1, 0.15) is 0 Å². The van der Waals surface area contributed by atoms with Crippen LogP contribution in [0.25, 0.3) is 0 Å². The van der Waals surface area contributed by atoms with Crippen LogP contribution in [-0.2, 0) is 0 Å². The summed E-state index contributed by atoms with van der Waals surface area (Å²) in [7, 11) is 0. The lowest BCUT2D eigenvalue weighted by atomic mass is 9.91. The zero-order valence-electron chi connectivity index (χ0n) is 12.8. The van der Waals surface area contributed by atoms with E-state index in [9.17, 15) is 5.11 Å². The molecular formula is C17H26ClNO. The van der Waals surface area contributed by atoms with E-state index < -0.39 is 6.10 Å². The van der Waals surface area contributed by atoms with Crippen LogP contribution in [0.3, 0.4) is 0 Å². The first-order chi connectivity index (χ1) is 9.45. The molecule has 2 nitrogen and oxygen atoms in total. The lowest BCUT2D eigenvalue weighted by Gasteiger charge is -2.35. The number of rotatable bonds is 4. The average Bonchev–Trinajstić information content (AvgIpc) is 2.38. The van der Waals surface area contributed by atoms with Crippen LogP contribution in [0.4, 0.5) is 0 Å². The van der Waals surface area contributed by atoms with Crippen molar-refractivity contribution in [1.82, 2.24) is 4.90 Å². The predicted octanol–water partition coefficient (Wildman–Crippen LogP) is 4.05. The van der Waals surface area contributed by atoms with E-state index in [0.29, 0.717) is 0 Å². The Labute approximate surface area is 127 Å². The second-order valence-corrected chi connectivity index (χ2v) is 6.93. The minimum absolute atomic E-state index is 0.390. The van der Waals surface area contributed by atoms with Crippen molar-refractivity contribution in [3.63, 3.8) is 0 Å². The summed E-state index contributed by atoms with van der Waals surface area (Å²) in [5.41, 5.74) is 2.01. The molecule has 0 spiro atoms. The maximum atomic E-state index is 10.3. The number of hydrogen-bond donors (Lipinski definition) is 1. The summed E-state index contributed by atoms with van der Waals surface area (Å²) in [6.07, 6.45) is 1.73. The van der Waals surface area contributed by atoms with Crippen LogP contribution in [0.15, 0.2) is 18.2 Å². The Morgan fingerprint density at radius 3 is 2.55 bits per heavy atom. The lowest BCUT2D eigenvalue weighted by Crippen LogP contribution is -2.39. The Bertz CT molecular complexity index is 439. The Kier molecular flexibility index (Phi) is 5.48. The van der Waals surface area contributed by atoms with Gasteiger partial charge in [0.15, 0.2) is 0 Å². The van der Waals surface area contributed by atoms with Gasteiger partial charge >= 0.3 is 0 Å². The fraction of sp³-hybridized carbons (Fsp3) is 0.647. The normalized spacial score (nSPS) is 25.6. The van der Waals surface area contributed by atoms with Crippen LogP contribution in [0.2, 0.25) is 5.02 Å². The summed E-state index contributed by atoms with van der Waals surface area (Å²) in [6, 6.07) is 5.80. The molecule has 1 saturated heterocycles. The average molecular weight is 296 g/mol. The van der Waals surface area contributed by atoms with E-state index in [2.05, 4.69) is 18.7 Å². The summed E-state index contributed by atoms with van der Waals surface area (Å²) in [6.45, 7) is 9.92. The molecule has 20 heavy (non-hydrogen) atoms. The molecule has 112 valence electrons. The molecule has 0 aliphatic carbocycles. The molecule has 1 fully saturated rings. The highest BCUT2D eigenvalue weighted by molar-refractivity contribution is 6.31. The second-order valence-electron chi connectivity index (χ2n) is 6.52. The smallest absolute Gasteiger partial charge is 0.0802 e. The number of likely N-dealkylation sites (tertiary alicyclic amines) is 1. The van der Waals surface area contributed by atoms with E-state index in [1.165, 1.54) is 6.42 Å². The standard InChI is InChI=1S/C17H26ClNO/c1-12-8-13(2)11-19(10-12)7-6-17(20)15-4-5-16(18)14(3)9-15/h4-5,9,12-13,17,20H,6-8,10-11H2,1-3H3. The molecule has 1 heterocycles. The minimum Gasteiger partial charge on any atom is -0.388 e. The zero-order valence-corrected chi connectivity index (χ0v) is 13.5. The summed E-state index contributed by atoms with van der Waals surface area (Å²) in [4.78, 5) is 2.49. The first kappa shape index (κ1) is 15.8. The molecule has 1 aromatic carbocycles. The van der Waals surface area contributed by atoms with Gasteiger partial charge in [-0.25, -0.2) is 0 Å². The van der Waals surface area contributed by atoms with Crippen molar-refractivity contribution < 1.29 is 5.11 Å². The highest BCUT2D eigenvalue weighted by Crippen LogP contribution is 2.25. The van der Waals surface area contributed by atoms with Crippen LogP contribution in [-0.4, -0.2) is 29.6 Å². The lowest BCUT2D eigenvalue weighted by molar-refractivity contribution is 0.103. The van der Waals surface area contributed by atoms with Gasteiger partial charge in [0, 0.05) is 24.7 Å². The number of aliphatic hydroxyl groups is 1. The van der Waals surface area contributed by atoms with Crippen molar-refractivity contribution in [2.45, 2.75) is 39.7 Å². The van der Waals surface area contributed by atoms with Gasteiger partial charge in [-0.3, -0.25) is 0 Å². The molecule has 3 unspecified atom stereocenters. The Balaban J connectivity index is 1.88. The molecule has 0 amide bonds. The Hall–Kier alpha value is -0.570. The number of halogens is 1. The molecule has 3 atom stereocenters. The van der Waals surface area contributed by atoms with Gasteiger partial charge in [-0.15, -0.1) is 0 Å². The van der Waals surface area contributed by atoms with Crippen molar-refractivity contribution in [3.05, 3.63) is 34.3 Å². The minimum atomic E-state index is -0.390. The fourth-order valence-corrected chi connectivity index (χ4v) is 3.44. The van der Waals surface area contributed by atoms with Crippen LogP contribution < -0.4 is 0 Å². The summed E-state index contributed by atoms with van der Waals surface area (Å²) in [5, 5.41) is 11.1. The number of nitrogens with zero attached hydrogens (tertiary/aromatic N) is 1. The third-order valence-corrected chi connectivity index (χ3v) is 4.65. The van der Waals surface area contributed by atoms with Gasteiger partial charge in [0.2, 0.25) is 0 Å². The summed E-state index contributed by atoms with van der Waals surface area (Å²) < 4.78 is 0. The van der Waals surface area contributed by atoms with Crippen molar-refractivity contribution in [2.24, 2.45) is 11.8 Å². The number of hydrogen-bond acceptors (Lipinski definition) is 2. The first-order valence-electron chi connectivity index (χ1n) is 7.62. The SMILES string of the molecule is Cc1cc(C(O)CCN2CC(C)CC(C)C2)ccc1Cl. The zero-order chi connectivity index (χ0) is 14.7. The van der Waals surface area contributed by atoms with Crippen molar-refractivity contribution in [3.8, 4) is 0 Å². The number of piperidine rings is 1. The van der Waals surface area contributed by atoms with Crippen LogP contribution in [0.5, 0.6) is 0 Å². The highest BCUT2D eigenvalue weighted by atomic mass is 35.5. The molecule has 1 N–H and O–H groups in total. The number of aryl methyl sites for hydroxylation is 1. The highest BCUT2D eigenvalue weighted by Gasteiger charge is 2.22. The molecule has 2 rings (SSSR count). The Morgan fingerprint density at radius 2 is 1.95 bits per heavy atom. The van der Waals surface area contributed by atoms with Crippen molar-refractivity contribution in [1.29, 1.82) is 0 Å². The molecule has 1 aliphatic rings. The quantitative estimate of drug-likeness (QED) is 0.906. The van der Waals surface area contributed by atoms with E-state index in [1.807, 2.05) is 25.1 Å². The van der Waals surface area contributed by atoms with Crippen molar-refractivity contribution in [2.75, 3.05) is 19.6 Å².